The van der Waals surface area contributed by atoms with E-state index in [0.717, 1.165) is 42.6 Å². The molecule has 2 fully saturated rings. The van der Waals surface area contributed by atoms with Gasteiger partial charge in [0.25, 0.3) is 5.91 Å². The van der Waals surface area contributed by atoms with Gasteiger partial charge in [0, 0.05) is 47.7 Å². The molecule has 1 aromatic carbocycles. The number of hydrogen-bond donors (Lipinski definition) is 2. The van der Waals surface area contributed by atoms with Crippen LogP contribution in [0, 0.1) is 0 Å². The number of carbonyl (C=O) groups excluding carboxylic acids is 1. The van der Waals surface area contributed by atoms with Gasteiger partial charge in [0.15, 0.2) is 0 Å². The van der Waals surface area contributed by atoms with E-state index < -0.39 is 0 Å². The van der Waals surface area contributed by atoms with Gasteiger partial charge in [-0.05, 0) is 62.5 Å². The van der Waals surface area contributed by atoms with E-state index in [4.69, 9.17) is 17.3 Å². The molecular weight excluding hydrogens is 436 g/mol. The van der Waals surface area contributed by atoms with Crippen molar-refractivity contribution in [3.8, 4) is 22.4 Å². The Morgan fingerprint density at radius 2 is 1.85 bits per heavy atom. The monoisotopic (exact) mass is 464 g/mol. The van der Waals surface area contributed by atoms with E-state index in [1.807, 2.05) is 41.4 Å². The lowest BCUT2D eigenvalue weighted by Gasteiger charge is -2.40. The Morgan fingerprint density at radius 1 is 1.06 bits per heavy atom. The maximum Gasteiger partial charge on any atom is 0.270 e. The maximum atomic E-state index is 13.2. The molecule has 2 saturated heterocycles. The Hall–Kier alpha value is -2.90. The van der Waals surface area contributed by atoms with Crippen molar-refractivity contribution < 1.29 is 4.79 Å². The van der Waals surface area contributed by atoms with E-state index in [0.29, 0.717) is 22.5 Å². The second kappa shape index (κ2) is 9.53. The predicted molar refractivity (Wildman–Crippen MR) is 131 cm³/mol. The third-order valence-corrected chi connectivity index (χ3v) is 7.02. The second-order valence-electron chi connectivity index (χ2n) is 8.92. The van der Waals surface area contributed by atoms with Gasteiger partial charge >= 0.3 is 0 Å². The number of benzene rings is 1. The van der Waals surface area contributed by atoms with Crippen LogP contribution in [0.2, 0.25) is 5.02 Å². The average molecular weight is 465 g/mol. The molecule has 2 aliphatic rings. The van der Waals surface area contributed by atoms with E-state index in [9.17, 15) is 4.79 Å². The molecule has 5 rings (SSSR count). The van der Waals surface area contributed by atoms with Crippen LogP contribution in [-0.4, -0.2) is 62.9 Å². The Morgan fingerprint density at radius 3 is 2.61 bits per heavy atom. The highest BCUT2D eigenvalue weighted by Crippen LogP contribution is 2.32. The van der Waals surface area contributed by atoms with Gasteiger partial charge in [0.1, 0.15) is 5.69 Å². The van der Waals surface area contributed by atoms with Gasteiger partial charge in [-0.25, -0.2) is 9.97 Å². The number of halogens is 1. The highest BCUT2D eigenvalue weighted by Gasteiger charge is 2.28. The molecule has 4 heterocycles. The normalized spacial score (nSPS) is 17.9. The van der Waals surface area contributed by atoms with Crippen molar-refractivity contribution in [2.75, 3.05) is 31.9 Å². The number of aromatic nitrogens is 3. The summed E-state index contributed by atoms with van der Waals surface area (Å²) in [6, 6.07) is 10.00. The van der Waals surface area contributed by atoms with Crippen LogP contribution in [0.4, 0.5) is 5.95 Å². The smallest absolute Gasteiger partial charge is 0.270 e. The van der Waals surface area contributed by atoms with Crippen LogP contribution in [0.25, 0.3) is 22.4 Å². The van der Waals surface area contributed by atoms with Crippen LogP contribution in [0.3, 0.4) is 0 Å². The van der Waals surface area contributed by atoms with Gasteiger partial charge in [0.2, 0.25) is 5.95 Å². The van der Waals surface area contributed by atoms with Gasteiger partial charge in [0.05, 0.1) is 5.69 Å². The van der Waals surface area contributed by atoms with Crippen LogP contribution in [-0.2, 0) is 0 Å². The van der Waals surface area contributed by atoms with E-state index >= 15 is 0 Å². The number of rotatable bonds is 4. The summed E-state index contributed by atoms with van der Waals surface area (Å²) in [5.74, 6) is 0.217. The van der Waals surface area contributed by atoms with Gasteiger partial charge in [-0.3, -0.25) is 4.79 Å². The zero-order valence-electron chi connectivity index (χ0n) is 18.6. The number of H-pyrrole nitrogens is 1. The average Bonchev–Trinajstić information content (AvgIpc) is 3.34. The maximum absolute atomic E-state index is 13.2. The zero-order chi connectivity index (χ0) is 22.8. The fourth-order valence-corrected chi connectivity index (χ4v) is 5.22. The third kappa shape index (κ3) is 4.75. The summed E-state index contributed by atoms with van der Waals surface area (Å²) in [5, 5.41) is 0.633. The predicted octanol–water partition coefficient (Wildman–Crippen LogP) is 4.46. The number of aromatic amines is 1. The van der Waals surface area contributed by atoms with E-state index in [1.54, 1.807) is 6.20 Å². The molecule has 33 heavy (non-hydrogen) atoms. The molecule has 0 aliphatic carbocycles. The van der Waals surface area contributed by atoms with Crippen LogP contribution in [0.5, 0.6) is 0 Å². The van der Waals surface area contributed by atoms with Gasteiger partial charge in [-0.15, -0.1) is 0 Å². The molecule has 1 amide bonds. The molecule has 2 aliphatic heterocycles. The fraction of sp³-hybridized carbons (Fsp3) is 0.400. The number of nitrogens with two attached hydrogens (primary N) is 1. The van der Waals surface area contributed by atoms with Crippen LogP contribution < -0.4 is 5.73 Å². The van der Waals surface area contributed by atoms with E-state index in [2.05, 4.69) is 19.9 Å². The van der Waals surface area contributed by atoms with Gasteiger partial charge in [-0.1, -0.05) is 30.2 Å². The van der Waals surface area contributed by atoms with Gasteiger partial charge in [-0.2, -0.15) is 0 Å². The van der Waals surface area contributed by atoms with Crippen LogP contribution in [0.1, 0.15) is 42.6 Å². The van der Waals surface area contributed by atoms with Crippen molar-refractivity contribution in [3.05, 3.63) is 53.4 Å². The number of nitrogens with zero attached hydrogens (tertiary/aromatic N) is 4. The Bertz CT molecular complexity index is 1130. The van der Waals surface area contributed by atoms with Crippen LogP contribution in [0.15, 0.2) is 42.7 Å². The number of nitrogen functional groups attached to an aromatic ring is 1. The lowest BCUT2D eigenvalue weighted by atomic mass is 9.99. The first kappa shape index (κ1) is 21.9. The molecule has 172 valence electrons. The van der Waals surface area contributed by atoms with Gasteiger partial charge < -0.3 is 20.5 Å². The van der Waals surface area contributed by atoms with Crippen molar-refractivity contribution >= 4 is 23.5 Å². The summed E-state index contributed by atoms with van der Waals surface area (Å²) in [4.78, 5) is 29.6. The number of hydrogen-bond acceptors (Lipinski definition) is 5. The van der Waals surface area contributed by atoms with E-state index in [-0.39, 0.29) is 11.9 Å². The molecule has 7 nitrogen and oxygen atoms in total. The molecule has 0 radical (unpaired) electrons. The highest BCUT2D eigenvalue weighted by molar-refractivity contribution is 6.30. The molecule has 0 spiro atoms. The Labute approximate surface area is 199 Å². The summed E-state index contributed by atoms with van der Waals surface area (Å²) in [5.41, 5.74) is 9.63. The number of nitrogens with one attached hydrogen (secondary N) is 1. The molecule has 0 bridgehead atoms. The minimum atomic E-state index is 0.0321. The molecule has 0 unspecified atom stereocenters. The first-order valence-electron chi connectivity index (χ1n) is 11.7. The number of likely N-dealkylation sites (tertiary alicyclic amines) is 2. The Balaban J connectivity index is 1.33. The van der Waals surface area contributed by atoms with E-state index in [1.165, 1.54) is 32.4 Å². The lowest BCUT2D eigenvalue weighted by Crippen LogP contribution is -2.48. The quantitative estimate of drug-likeness (QED) is 0.594. The standard InChI is InChI=1S/C25H29ClN6O/c26-19-6-4-5-17(13-19)21-16-29-25(27)30-23(21)18-14-22(28-15-18)24(33)32-11-7-20(8-12-32)31-9-2-1-3-10-31/h4-6,13-16,20,28H,1-3,7-12H2,(H2,27,29,30). The Kier molecular flexibility index (Phi) is 6.33. The summed E-state index contributed by atoms with van der Waals surface area (Å²) < 4.78 is 0. The molecule has 8 heteroatoms. The highest BCUT2D eigenvalue weighted by atomic mass is 35.5. The minimum Gasteiger partial charge on any atom is -0.368 e. The number of piperidine rings is 2. The second-order valence-corrected chi connectivity index (χ2v) is 9.36. The number of anilines is 1. The zero-order valence-corrected chi connectivity index (χ0v) is 19.4. The van der Waals surface area contributed by atoms with Crippen molar-refractivity contribution in [2.24, 2.45) is 0 Å². The fourth-order valence-electron chi connectivity index (χ4n) is 5.03. The molecule has 3 N–H and O–H groups in total. The summed E-state index contributed by atoms with van der Waals surface area (Å²) in [6.07, 6.45) is 9.54. The lowest BCUT2D eigenvalue weighted by molar-refractivity contribution is 0.0585. The first-order chi connectivity index (χ1) is 16.1. The molecule has 0 atom stereocenters. The summed E-state index contributed by atoms with van der Waals surface area (Å²) in [7, 11) is 0. The van der Waals surface area contributed by atoms with Crippen molar-refractivity contribution in [1.82, 2.24) is 24.8 Å². The number of amides is 1. The van der Waals surface area contributed by atoms with Crippen molar-refractivity contribution in [2.45, 2.75) is 38.1 Å². The molecule has 0 saturated carbocycles. The topological polar surface area (TPSA) is 91.1 Å². The van der Waals surface area contributed by atoms with Crippen molar-refractivity contribution in [3.63, 3.8) is 0 Å². The molecule has 2 aromatic heterocycles. The molecule has 3 aromatic rings. The SMILES string of the molecule is Nc1ncc(-c2cccc(Cl)c2)c(-c2c[nH]c(C(=O)N3CCC(N4CCCCC4)CC3)c2)n1. The summed E-state index contributed by atoms with van der Waals surface area (Å²) in [6.45, 7) is 4.00. The number of carbonyl (C=O) groups is 1. The largest absolute Gasteiger partial charge is 0.368 e. The first-order valence-corrected chi connectivity index (χ1v) is 12.1. The summed E-state index contributed by atoms with van der Waals surface area (Å²) >= 11 is 6.19. The molecular formula is C25H29ClN6O. The van der Waals surface area contributed by atoms with Crippen molar-refractivity contribution in [1.29, 1.82) is 0 Å². The third-order valence-electron chi connectivity index (χ3n) is 6.79. The minimum absolute atomic E-state index is 0.0321. The van der Waals surface area contributed by atoms with Crippen LogP contribution >= 0.6 is 11.6 Å².